The van der Waals surface area contributed by atoms with E-state index in [4.69, 9.17) is 0 Å². The molecule has 98 valence electrons. The SMILES string of the molecule is Brc1ccc2[nH]c(-c3c[nH]c4ccc(Br)cc34)cc2c1. The number of rotatable bonds is 1. The molecule has 4 rings (SSSR count). The zero-order valence-electron chi connectivity index (χ0n) is 10.4. The second kappa shape index (κ2) is 4.50. The Morgan fingerprint density at radius 3 is 2.40 bits per heavy atom. The molecule has 0 saturated heterocycles. The molecule has 4 aromatic rings. The van der Waals surface area contributed by atoms with E-state index in [1.807, 2.05) is 6.07 Å². The standard InChI is InChI=1S/C16H10Br2N2/c17-10-1-3-14-9(5-10)6-16(20-14)13-8-19-15-4-2-11(18)7-12(13)15/h1-8,19-20H. The third-order valence-corrected chi connectivity index (χ3v) is 4.50. The Balaban J connectivity index is 1.98. The predicted octanol–water partition coefficient (Wildman–Crippen LogP) is 5.84. The Morgan fingerprint density at radius 1 is 0.800 bits per heavy atom. The van der Waals surface area contributed by atoms with Gasteiger partial charge in [0.15, 0.2) is 0 Å². The Labute approximate surface area is 132 Å². The Bertz CT molecular complexity index is 934. The molecule has 2 aromatic carbocycles. The highest BCUT2D eigenvalue weighted by Gasteiger charge is 2.09. The van der Waals surface area contributed by atoms with Crippen molar-refractivity contribution in [2.75, 3.05) is 0 Å². The van der Waals surface area contributed by atoms with Crippen molar-refractivity contribution in [1.82, 2.24) is 9.97 Å². The minimum atomic E-state index is 1.09. The molecule has 0 bridgehead atoms. The summed E-state index contributed by atoms with van der Waals surface area (Å²) in [6.07, 6.45) is 2.05. The van der Waals surface area contributed by atoms with Crippen molar-refractivity contribution in [2.45, 2.75) is 0 Å². The summed E-state index contributed by atoms with van der Waals surface area (Å²) in [6.45, 7) is 0. The quantitative estimate of drug-likeness (QED) is 0.409. The highest BCUT2D eigenvalue weighted by atomic mass is 79.9. The van der Waals surface area contributed by atoms with Gasteiger partial charge in [-0.3, -0.25) is 0 Å². The predicted molar refractivity (Wildman–Crippen MR) is 91.0 cm³/mol. The fraction of sp³-hybridized carbons (Fsp3) is 0. The fourth-order valence-corrected chi connectivity index (χ4v) is 3.30. The summed E-state index contributed by atoms with van der Waals surface area (Å²) in [6, 6.07) is 14.7. The van der Waals surface area contributed by atoms with Crippen LogP contribution in [-0.2, 0) is 0 Å². The molecule has 0 unspecified atom stereocenters. The van der Waals surface area contributed by atoms with Crippen LogP contribution in [-0.4, -0.2) is 9.97 Å². The molecule has 2 aromatic heterocycles. The van der Waals surface area contributed by atoms with E-state index in [-0.39, 0.29) is 0 Å². The van der Waals surface area contributed by atoms with Gasteiger partial charge in [0.25, 0.3) is 0 Å². The molecule has 0 atom stereocenters. The first-order chi connectivity index (χ1) is 9.70. The van der Waals surface area contributed by atoms with Crippen molar-refractivity contribution in [3.63, 3.8) is 0 Å². The highest BCUT2D eigenvalue weighted by Crippen LogP contribution is 2.32. The summed E-state index contributed by atoms with van der Waals surface area (Å²) in [5.41, 5.74) is 4.60. The Kier molecular flexibility index (Phi) is 2.75. The second-order valence-corrected chi connectivity index (χ2v) is 6.64. The van der Waals surface area contributed by atoms with Crippen LogP contribution in [0.3, 0.4) is 0 Å². The lowest BCUT2D eigenvalue weighted by molar-refractivity contribution is 1.43. The van der Waals surface area contributed by atoms with Gasteiger partial charge in [-0.2, -0.15) is 0 Å². The van der Waals surface area contributed by atoms with Crippen LogP contribution in [0.1, 0.15) is 0 Å². The number of halogens is 2. The zero-order valence-corrected chi connectivity index (χ0v) is 13.5. The van der Waals surface area contributed by atoms with Crippen LogP contribution in [0.5, 0.6) is 0 Å². The molecule has 2 heterocycles. The number of aromatic amines is 2. The van der Waals surface area contributed by atoms with Crippen molar-refractivity contribution < 1.29 is 0 Å². The molecular formula is C16H10Br2N2. The van der Waals surface area contributed by atoms with E-state index in [0.29, 0.717) is 0 Å². The fourth-order valence-electron chi connectivity index (χ4n) is 2.56. The molecule has 0 radical (unpaired) electrons. The lowest BCUT2D eigenvalue weighted by Gasteiger charge is -1.96. The zero-order chi connectivity index (χ0) is 13.7. The van der Waals surface area contributed by atoms with Gasteiger partial charge in [0.05, 0.1) is 0 Å². The topological polar surface area (TPSA) is 31.6 Å². The van der Waals surface area contributed by atoms with Gasteiger partial charge in [-0.25, -0.2) is 0 Å². The second-order valence-electron chi connectivity index (χ2n) is 4.81. The summed E-state index contributed by atoms with van der Waals surface area (Å²) in [7, 11) is 0. The molecular weight excluding hydrogens is 380 g/mol. The van der Waals surface area contributed by atoms with Gasteiger partial charge in [0.2, 0.25) is 0 Å². The third kappa shape index (κ3) is 1.91. The molecule has 0 aliphatic carbocycles. The Hall–Kier alpha value is -1.52. The minimum absolute atomic E-state index is 1.09. The number of hydrogen-bond donors (Lipinski definition) is 2. The van der Waals surface area contributed by atoms with Gasteiger partial charge in [0, 0.05) is 48.2 Å². The van der Waals surface area contributed by atoms with Gasteiger partial charge >= 0.3 is 0 Å². The molecule has 0 aliphatic heterocycles. The minimum Gasteiger partial charge on any atom is -0.360 e. The van der Waals surface area contributed by atoms with Gasteiger partial charge in [0.1, 0.15) is 0 Å². The molecule has 0 aliphatic rings. The van der Waals surface area contributed by atoms with Gasteiger partial charge < -0.3 is 9.97 Å². The van der Waals surface area contributed by atoms with E-state index in [9.17, 15) is 0 Å². The van der Waals surface area contributed by atoms with Crippen molar-refractivity contribution in [3.05, 3.63) is 57.6 Å². The van der Waals surface area contributed by atoms with E-state index in [0.717, 1.165) is 25.7 Å². The monoisotopic (exact) mass is 388 g/mol. The number of nitrogens with one attached hydrogen (secondary N) is 2. The van der Waals surface area contributed by atoms with Crippen molar-refractivity contribution >= 4 is 53.7 Å². The van der Waals surface area contributed by atoms with Crippen molar-refractivity contribution in [3.8, 4) is 11.3 Å². The normalized spacial score (nSPS) is 11.5. The summed E-state index contributed by atoms with van der Waals surface area (Å²) in [4.78, 5) is 6.80. The molecule has 2 N–H and O–H groups in total. The first-order valence-electron chi connectivity index (χ1n) is 6.26. The summed E-state index contributed by atoms with van der Waals surface area (Å²) < 4.78 is 2.18. The van der Waals surface area contributed by atoms with Crippen LogP contribution >= 0.6 is 31.9 Å². The van der Waals surface area contributed by atoms with E-state index in [2.05, 4.69) is 84.4 Å². The Morgan fingerprint density at radius 2 is 1.55 bits per heavy atom. The van der Waals surface area contributed by atoms with Crippen LogP contribution in [0, 0.1) is 0 Å². The summed E-state index contributed by atoms with van der Waals surface area (Å²) in [5, 5.41) is 2.42. The lowest BCUT2D eigenvalue weighted by Crippen LogP contribution is -1.74. The molecule has 0 fully saturated rings. The maximum absolute atomic E-state index is 3.54. The first kappa shape index (κ1) is 12.2. The molecule has 2 nitrogen and oxygen atoms in total. The van der Waals surface area contributed by atoms with E-state index < -0.39 is 0 Å². The largest absolute Gasteiger partial charge is 0.360 e. The third-order valence-electron chi connectivity index (χ3n) is 3.52. The van der Waals surface area contributed by atoms with Crippen molar-refractivity contribution in [1.29, 1.82) is 0 Å². The lowest BCUT2D eigenvalue weighted by atomic mass is 10.1. The van der Waals surface area contributed by atoms with E-state index in [1.54, 1.807) is 0 Å². The molecule has 4 heteroatoms. The number of H-pyrrole nitrogens is 2. The van der Waals surface area contributed by atoms with Crippen molar-refractivity contribution in [2.24, 2.45) is 0 Å². The number of aromatic nitrogens is 2. The number of hydrogen-bond acceptors (Lipinski definition) is 0. The average molecular weight is 390 g/mol. The average Bonchev–Trinajstić information content (AvgIpc) is 3.00. The van der Waals surface area contributed by atoms with E-state index >= 15 is 0 Å². The summed E-state index contributed by atoms with van der Waals surface area (Å²) in [5.74, 6) is 0. The first-order valence-corrected chi connectivity index (χ1v) is 7.84. The van der Waals surface area contributed by atoms with Gasteiger partial charge in [-0.05, 0) is 42.5 Å². The number of benzene rings is 2. The maximum atomic E-state index is 3.54. The number of fused-ring (bicyclic) bond motifs is 2. The highest BCUT2D eigenvalue weighted by molar-refractivity contribution is 9.10. The van der Waals surface area contributed by atoms with Crippen LogP contribution < -0.4 is 0 Å². The van der Waals surface area contributed by atoms with Crippen LogP contribution in [0.15, 0.2) is 57.6 Å². The van der Waals surface area contributed by atoms with Gasteiger partial charge in [-0.15, -0.1) is 0 Å². The smallest absolute Gasteiger partial charge is 0.0486 e. The van der Waals surface area contributed by atoms with Crippen LogP contribution in [0.4, 0.5) is 0 Å². The van der Waals surface area contributed by atoms with Crippen LogP contribution in [0.2, 0.25) is 0 Å². The van der Waals surface area contributed by atoms with Crippen LogP contribution in [0.25, 0.3) is 33.1 Å². The molecule has 0 amide bonds. The molecule has 0 spiro atoms. The summed E-state index contributed by atoms with van der Waals surface area (Å²) >= 11 is 7.05. The maximum Gasteiger partial charge on any atom is 0.0486 e. The van der Waals surface area contributed by atoms with Gasteiger partial charge in [-0.1, -0.05) is 31.9 Å². The molecule has 0 saturated carbocycles. The molecule has 20 heavy (non-hydrogen) atoms. The van der Waals surface area contributed by atoms with E-state index in [1.165, 1.54) is 16.3 Å².